The largest absolute Gasteiger partial charge is 0.478 e. The van der Waals surface area contributed by atoms with E-state index >= 15 is 0 Å². The second-order valence-corrected chi connectivity index (χ2v) is 4.55. The number of hydrogen-bond donors (Lipinski definition) is 2. The summed E-state index contributed by atoms with van der Waals surface area (Å²) in [6.45, 7) is 3.53. The Labute approximate surface area is 116 Å². The van der Waals surface area contributed by atoms with Gasteiger partial charge in [-0.05, 0) is 31.5 Å². The number of nitrogens with one attached hydrogen (secondary N) is 1. The second-order valence-electron chi connectivity index (χ2n) is 4.55. The molecule has 0 radical (unpaired) electrons. The quantitative estimate of drug-likeness (QED) is 0.895. The number of carbonyl (C=O) groups excluding carboxylic acids is 1. The van der Waals surface area contributed by atoms with E-state index in [1.54, 1.807) is 39.1 Å². The van der Waals surface area contributed by atoms with E-state index in [9.17, 15) is 9.59 Å². The van der Waals surface area contributed by atoms with Crippen molar-refractivity contribution < 1.29 is 14.7 Å². The number of anilines is 1. The van der Waals surface area contributed by atoms with E-state index < -0.39 is 5.97 Å². The molecule has 0 saturated carbocycles. The lowest BCUT2D eigenvalue weighted by atomic mass is 10.1. The molecule has 1 aromatic heterocycles. The summed E-state index contributed by atoms with van der Waals surface area (Å²) in [6.07, 6.45) is 0. The zero-order valence-electron chi connectivity index (χ0n) is 11.5. The predicted octanol–water partition coefficient (Wildman–Crippen LogP) is 1.99. The predicted molar refractivity (Wildman–Crippen MR) is 74.0 cm³/mol. The number of benzene rings is 1. The SMILES string of the molecule is Cc1cc(C(=O)Nc2c(C)cccc2C(=O)O)n(C)n1. The number of aromatic nitrogens is 2. The lowest BCUT2D eigenvalue weighted by molar-refractivity contribution is 0.0698. The number of carbonyl (C=O) groups is 2. The first-order chi connectivity index (χ1) is 9.40. The van der Waals surface area contributed by atoms with Crippen LogP contribution in [-0.4, -0.2) is 26.8 Å². The summed E-state index contributed by atoms with van der Waals surface area (Å²) in [6, 6.07) is 6.49. The molecule has 1 amide bonds. The summed E-state index contributed by atoms with van der Waals surface area (Å²) >= 11 is 0. The lowest BCUT2D eigenvalue weighted by Crippen LogP contribution is -2.18. The normalized spacial score (nSPS) is 10.3. The fourth-order valence-corrected chi connectivity index (χ4v) is 2.01. The van der Waals surface area contributed by atoms with E-state index in [0.717, 1.165) is 5.69 Å². The van der Waals surface area contributed by atoms with E-state index in [0.29, 0.717) is 16.9 Å². The number of aryl methyl sites for hydroxylation is 3. The summed E-state index contributed by atoms with van der Waals surface area (Å²) in [5.41, 5.74) is 2.17. The van der Waals surface area contributed by atoms with Crippen LogP contribution in [0.15, 0.2) is 24.3 Å². The first-order valence-electron chi connectivity index (χ1n) is 6.05. The highest BCUT2D eigenvalue weighted by Gasteiger charge is 2.17. The van der Waals surface area contributed by atoms with Crippen molar-refractivity contribution in [3.63, 3.8) is 0 Å². The number of nitrogens with zero attached hydrogens (tertiary/aromatic N) is 2. The van der Waals surface area contributed by atoms with Crippen molar-refractivity contribution in [3.05, 3.63) is 46.8 Å². The minimum absolute atomic E-state index is 0.0669. The molecule has 6 heteroatoms. The van der Waals surface area contributed by atoms with Crippen LogP contribution in [0.5, 0.6) is 0 Å². The number of hydrogen-bond acceptors (Lipinski definition) is 3. The highest BCUT2D eigenvalue weighted by molar-refractivity contribution is 6.07. The van der Waals surface area contributed by atoms with E-state index in [4.69, 9.17) is 5.11 Å². The summed E-state index contributed by atoms with van der Waals surface area (Å²) in [4.78, 5) is 23.4. The van der Waals surface area contributed by atoms with Crippen LogP contribution in [0.1, 0.15) is 32.1 Å². The Hall–Kier alpha value is -2.63. The standard InChI is InChI=1S/C14H15N3O3/c1-8-5-4-6-10(14(19)20)12(8)15-13(18)11-7-9(2)16-17(11)3/h4-7H,1-3H3,(H,15,18)(H,19,20). The van der Waals surface area contributed by atoms with E-state index in [2.05, 4.69) is 10.4 Å². The maximum absolute atomic E-state index is 12.2. The molecule has 0 unspecified atom stereocenters. The average Bonchev–Trinajstić information content (AvgIpc) is 2.70. The summed E-state index contributed by atoms with van der Waals surface area (Å²) in [7, 11) is 1.66. The van der Waals surface area contributed by atoms with Gasteiger partial charge in [-0.15, -0.1) is 0 Å². The zero-order chi connectivity index (χ0) is 14.9. The van der Waals surface area contributed by atoms with Crippen LogP contribution in [0, 0.1) is 13.8 Å². The number of amides is 1. The molecular weight excluding hydrogens is 258 g/mol. The first-order valence-corrected chi connectivity index (χ1v) is 6.05. The lowest BCUT2D eigenvalue weighted by Gasteiger charge is -2.11. The Balaban J connectivity index is 2.37. The van der Waals surface area contributed by atoms with Gasteiger partial charge in [0.15, 0.2) is 0 Å². The van der Waals surface area contributed by atoms with Gasteiger partial charge >= 0.3 is 5.97 Å². The molecule has 6 nitrogen and oxygen atoms in total. The van der Waals surface area contributed by atoms with Crippen molar-refractivity contribution in [1.82, 2.24) is 9.78 Å². The molecule has 20 heavy (non-hydrogen) atoms. The van der Waals surface area contributed by atoms with Crippen LogP contribution < -0.4 is 5.32 Å². The molecule has 0 aliphatic heterocycles. The van der Waals surface area contributed by atoms with Gasteiger partial charge in [0.2, 0.25) is 0 Å². The van der Waals surface area contributed by atoms with Gasteiger partial charge in [-0.25, -0.2) is 4.79 Å². The van der Waals surface area contributed by atoms with Crippen LogP contribution >= 0.6 is 0 Å². The van der Waals surface area contributed by atoms with Gasteiger partial charge in [0.25, 0.3) is 5.91 Å². The molecule has 104 valence electrons. The van der Waals surface area contributed by atoms with Gasteiger partial charge < -0.3 is 10.4 Å². The van der Waals surface area contributed by atoms with E-state index in [1.807, 2.05) is 0 Å². The van der Waals surface area contributed by atoms with Crippen molar-refractivity contribution >= 4 is 17.6 Å². The Morgan fingerprint density at radius 3 is 2.55 bits per heavy atom. The molecule has 0 fully saturated rings. The highest BCUT2D eigenvalue weighted by atomic mass is 16.4. The Bertz CT molecular complexity index is 689. The number of rotatable bonds is 3. The molecule has 1 heterocycles. The number of carboxylic acid groups (broad SMARTS) is 1. The molecule has 0 atom stereocenters. The Kier molecular flexibility index (Phi) is 3.56. The van der Waals surface area contributed by atoms with Crippen molar-refractivity contribution in [2.45, 2.75) is 13.8 Å². The Morgan fingerprint density at radius 2 is 2.00 bits per heavy atom. The molecule has 0 saturated heterocycles. The van der Waals surface area contributed by atoms with E-state index in [1.165, 1.54) is 10.7 Å². The van der Waals surface area contributed by atoms with Gasteiger partial charge in [0, 0.05) is 7.05 Å². The minimum atomic E-state index is -1.08. The third-order valence-corrected chi connectivity index (χ3v) is 2.98. The summed E-state index contributed by atoms with van der Waals surface area (Å²) < 4.78 is 1.46. The number of aromatic carboxylic acids is 1. The van der Waals surface area contributed by atoms with Gasteiger partial charge in [0.1, 0.15) is 5.69 Å². The molecule has 2 rings (SSSR count). The fraction of sp³-hybridized carbons (Fsp3) is 0.214. The third-order valence-electron chi connectivity index (χ3n) is 2.98. The second kappa shape index (κ2) is 5.16. The number of para-hydroxylation sites is 1. The third kappa shape index (κ3) is 2.54. The van der Waals surface area contributed by atoms with Crippen LogP contribution in [0.2, 0.25) is 0 Å². The molecule has 0 bridgehead atoms. The van der Waals surface area contributed by atoms with Crippen LogP contribution in [0.4, 0.5) is 5.69 Å². The van der Waals surface area contributed by atoms with Crippen LogP contribution in [0.3, 0.4) is 0 Å². The Morgan fingerprint density at radius 1 is 1.30 bits per heavy atom. The molecule has 0 spiro atoms. The zero-order valence-corrected chi connectivity index (χ0v) is 11.5. The van der Waals surface area contributed by atoms with Crippen molar-refractivity contribution in [1.29, 1.82) is 0 Å². The maximum Gasteiger partial charge on any atom is 0.337 e. The molecule has 2 N–H and O–H groups in total. The molecule has 0 aliphatic rings. The molecule has 1 aromatic carbocycles. The summed E-state index contributed by atoms with van der Waals surface area (Å²) in [5.74, 6) is -1.46. The van der Waals surface area contributed by atoms with Gasteiger partial charge in [-0.3, -0.25) is 9.48 Å². The van der Waals surface area contributed by atoms with Crippen molar-refractivity contribution in [3.8, 4) is 0 Å². The monoisotopic (exact) mass is 273 g/mol. The van der Waals surface area contributed by atoms with Gasteiger partial charge in [-0.1, -0.05) is 12.1 Å². The number of carboxylic acids is 1. The van der Waals surface area contributed by atoms with Gasteiger partial charge in [-0.2, -0.15) is 5.10 Å². The maximum atomic E-state index is 12.2. The van der Waals surface area contributed by atoms with Crippen LogP contribution in [0.25, 0.3) is 0 Å². The average molecular weight is 273 g/mol. The van der Waals surface area contributed by atoms with Crippen molar-refractivity contribution in [2.24, 2.45) is 7.05 Å². The van der Waals surface area contributed by atoms with Crippen LogP contribution in [-0.2, 0) is 7.05 Å². The smallest absolute Gasteiger partial charge is 0.337 e. The van der Waals surface area contributed by atoms with E-state index in [-0.39, 0.29) is 11.5 Å². The highest BCUT2D eigenvalue weighted by Crippen LogP contribution is 2.21. The molecule has 2 aromatic rings. The first kappa shape index (κ1) is 13.8. The van der Waals surface area contributed by atoms with Crippen molar-refractivity contribution in [2.75, 3.05) is 5.32 Å². The fourth-order valence-electron chi connectivity index (χ4n) is 2.01. The topological polar surface area (TPSA) is 84.2 Å². The molecule has 0 aliphatic carbocycles. The summed E-state index contributed by atoms with van der Waals surface area (Å²) in [5, 5.41) is 15.9. The minimum Gasteiger partial charge on any atom is -0.478 e. The van der Waals surface area contributed by atoms with Gasteiger partial charge in [0.05, 0.1) is 16.9 Å². The molecular formula is C14H15N3O3.